The molecule has 30 heavy (non-hydrogen) atoms. The molecule has 0 aliphatic carbocycles. The maximum absolute atomic E-state index is 12.9. The number of H-pyrrole nitrogens is 2. The number of fused-ring (bicyclic) bond motifs is 1. The number of likely N-dealkylation sites (N-methyl/N-ethyl adjacent to an activating group) is 1. The zero-order chi connectivity index (χ0) is 21.1. The van der Waals surface area contributed by atoms with E-state index in [-0.39, 0.29) is 17.2 Å². The van der Waals surface area contributed by atoms with Crippen LogP contribution in [0.1, 0.15) is 23.2 Å². The number of carbonyl (C=O) groups excluding carboxylic acids is 1. The van der Waals surface area contributed by atoms with Crippen LogP contribution in [0.2, 0.25) is 0 Å². The number of hydrogen-bond acceptors (Lipinski definition) is 4. The van der Waals surface area contributed by atoms with E-state index in [1.807, 2.05) is 43.3 Å². The maximum Gasteiger partial charge on any atom is 0.271 e. The molecule has 8 nitrogen and oxygen atoms in total. The first-order valence-corrected chi connectivity index (χ1v) is 9.78. The van der Waals surface area contributed by atoms with Gasteiger partial charge in [0, 0.05) is 31.6 Å². The number of methoxy groups -OCH3 is 1. The van der Waals surface area contributed by atoms with Gasteiger partial charge in [0.25, 0.3) is 11.5 Å². The van der Waals surface area contributed by atoms with Crippen molar-refractivity contribution in [1.29, 1.82) is 0 Å². The third kappa shape index (κ3) is 3.84. The number of nitrogens with zero attached hydrogens (tertiary/aromatic N) is 3. The van der Waals surface area contributed by atoms with Crippen LogP contribution in [0.4, 0.5) is 0 Å². The van der Waals surface area contributed by atoms with E-state index in [2.05, 4.69) is 15.1 Å². The first-order valence-electron chi connectivity index (χ1n) is 9.78. The molecule has 2 aromatic heterocycles. The summed E-state index contributed by atoms with van der Waals surface area (Å²) in [5.74, 6) is 1.33. The van der Waals surface area contributed by atoms with Crippen molar-refractivity contribution in [2.24, 2.45) is 0 Å². The van der Waals surface area contributed by atoms with Gasteiger partial charge < -0.3 is 14.6 Å². The number of aromatic nitrogens is 4. The molecule has 2 heterocycles. The fourth-order valence-electron chi connectivity index (χ4n) is 3.38. The Morgan fingerprint density at radius 3 is 2.70 bits per heavy atom. The zero-order valence-corrected chi connectivity index (χ0v) is 16.9. The number of rotatable bonds is 7. The van der Waals surface area contributed by atoms with Crippen molar-refractivity contribution in [2.45, 2.75) is 13.3 Å². The smallest absolute Gasteiger partial charge is 0.271 e. The topological polar surface area (TPSA) is 96.0 Å². The lowest BCUT2D eigenvalue weighted by Crippen LogP contribution is -2.33. The van der Waals surface area contributed by atoms with Gasteiger partial charge in [-0.2, -0.15) is 0 Å². The number of ether oxygens (including phenoxy) is 1. The van der Waals surface area contributed by atoms with E-state index in [0.717, 1.165) is 22.6 Å². The van der Waals surface area contributed by atoms with E-state index in [0.29, 0.717) is 25.2 Å². The molecule has 2 aromatic carbocycles. The number of benzene rings is 2. The number of hydrogen-bond donors (Lipinski definition) is 2. The molecule has 0 spiro atoms. The van der Waals surface area contributed by atoms with Crippen molar-refractivity contribution >= 4 is 16.9 Å². The number of carbonyl (C=O) groups is 1. The number of nitrogens with one attached hydrogen (secondary N) is 2. The molecule has 4 aromatic rings. The molecular weight excluding hydrogens is 382 g/mol. The number of aromatic amines is 2. The Hall–Kier alpha value is -3.81. The highest BCUT2D eigenvalue weighted by molar-refractivity contribution is 5.92. The summed E-state index contributed by atoms with van der Waals surface area (Å²) in [6.07, 6.45) is 0.570. The summed E-state index contributed by atoms with van der Waals surface area (Å²) in [5.41, 5.74) is 2.42. The summed E-state index contributed by atoms with van der Waals surface area (Å²) in [4.78, 5) is 34.8. The first kappa shape index (κ1) is 19.5. The van der Waals surface area contributed by atoms with Crippen LogP contribution in [0.5, 0.6) is 5.75 Å². The normalized spacial score (nSPS) is 11.0. The van der Waals surface area contributed by atoms with Gasteiger partial charge in [0.1, 0.15) is 17.3 Å². The van der Waals surface area contributed by atoms with Crippen molar-refractivity contribution in [3.05, 3.63) is 76.5 Å². The molecule has 1 amide bonds. The highest BCUT2D eigenvalue weighted by atomic mass is 16.5. The van der Waals surface area contributed by atoms with Gasteiger partial charge in [-0.1, -0.05) is 18.2 Å². The Morgan fingerprint density at radius 1 is 1.17 bits per heavy atom. The highest BCUT2D eigenvalue weighted by Crippen LogP contribution is 2.19. The first-order chi connectivity index (χ1) is 14.6. The average Bonchev–Trinajstić information content (AvgIpc) is 3.37. The monoisotopic (exact) mass is 405 g/mol. The summed E-state index contributed by atoms with van der Waals surface area (Å²) in [7, 11) is 1.62. The second-order valence-electron chi connectivity index (χ2n) is 6.88. The van der Waals surface area contributed by atoms with Crippen LogP contribution >= 0.6 is 0 Å². The SMILES string of the molecule is CCN(CCc1nc2ccc(OC)cc2[nH]1)C(=O)c1cc(=O)n(-c2ccccc2)[nH]1. The Balaban J connectivity index is 1.49. The molecular formula is C22H23N5O3. The fraction of sp³-hybridized carbons (Fsp3) is 0.227. The Kier molecular flexibility index (Phi) is 5.38. The quantitative estimate of drug-likeness (QED) is 0.494. The zero-order valence-electron chi connectivity index (χ0n) is 16.9. The van der Waals surface area contributed by atoms with Crippen LogP contribution < -0.4 is 10.3 Å². The van der Waals surface area contributed by atoms with E-state index < -0.39 is 0 Å². The minimum atomic E-state index is -0.271. The Labute approximate surface area is 173 Å². The third-order valence-corrected chi connectivity index (χ3v) is 4.99. The summed E-state index contributed by atoms with van der Waals surface area (Å²) in [6.45, 7) is 2.91. The molecule has 2 N–H and O–H groups in total. The van der Waals surface area contributed by atoms with Gasteiger partial charge in [0.15, 0.2) is 0 Å². The van der Waals surface area contributed by atoms with Crippen molar-refractivity contribution in [1.82, 2.24) is 24.6 Å². The van der Waals surface area contributed by atoms with Gasteiger partial charge in [-0.15, -0.1) is 0 Å². The van der Waals surface area contributed by atoms with Crippen LogP contribution in [-0.2, 0) is 6.42 Å². The van der Waals surface area contributed by atoms with Crippen LogP contribution in [-0.4, -0.2) is 50.8 Å². The second kappa shape index (κ2) is 8.28. The molecule has 0 fully saturated rings. The molecule has 0 unspecified atom stereocenters. The maximum atomic E-state index is 12.9. The molecule has 0 bridgehead atoms. The van der Waals surface area contributed by atoms with Crippen molar-refractivity contribution in [3.63, 3.8) is 0 Å². The third-order valence-electron chi connectivity index (χ3n) is 4.99. The Bertz CT molecular complexity index is 1220. The minimum Gasteiger partial charge on any atom is -0.497 e. The van der Waals surface area contributed by atoms with Crippen LogP contribution in [0, 0.1) is 0 Å². The molecule has 0 saturated carbocycles. The lowest BCUT2D eigenvalue weighted by Gasteiger charge is -2.19. The summed E-state index contributed by atoms with van der Waals surface area (Å²) in [6, 6.07) is 16.2. The highest BCUT2D eigenvalue weighted by Gasteiger charge is 2.18. The summed E-state index contributed by atoms with van der Waals surface area (Å²) < 4.78 is 6.61. The molecule has 4 rings (SSSR count). The van der Waals surface area contributed by atoms with Crippen LogP contribution in [0.25, 0.3) is 16.7 Å². The molecule has 0 atom stereocenters. The van der Waals surface area contributed by atoms with E-state index in [9.17, 15) is 9.59 Å². The number of para-hydroxylation sites is 1. The van der Waals surface area contributed by atoms with Gasteiger partial charge in [-0.25, -0.2) is 9.67 Å². The van der Waals surface area contributed by atoms with Gasteiger partial charge in [0.2, 0.25) is 0 Å². The molecule has 8 heteroatoms. The lowest BCUT2D eigenvalue weighted by molar-refractivity contribution is 0.0759. The van der Waals surface area contributed by atoms with E-state index in [1.165, 1.54) is 10.7 Å². The fourth-order valence-corrected chi connectivity index (χ4v) is 3.38. The summed E-state index contributed by atoms with van der Waals surface area (Å²) in [5, 5.41) is 2.92. The predicted molar refractivity (Wildman–Crippen MR) is 114 cm³/mol. The van der Waals surface area contributed by atoms with Crippen LogP contribution in [0.15, 0.2) is 59.4 Å². The molecule has 0 aliphatic rings. The largest absolute Gasteiger partial charge is 0.497 e. The molecule has 0 aliphatic heterocycles. The van der Waals surface area contributed by atoms with Gasteiger partial charge in [0.05, 0.1) is 23.8 Å². The number of amides is 1. The second-order valence-corrected chi connectivity index (χ2v) is 6.88. The molecule has 0 saturated heterocycles. The Morgan fingerprint density at radius 2 is 1.97 bits per heavy atom. The van der Waals surface area contributed by atoms with Crippen LogP contribution in [0.3, 0.4) is 0 Å². The van der Waals surface area contributed by atoms with Crippen molar-refractivity contribution in [3.8, 4) is 11.4 Å². The minimum absolute atomic E-state index is 0.220. The standard InChI is InChI=1S/C22H23N5O3/c1-3-26(12-11-20-23-17-10-9-16(30-2)13-18(17)24-20)22(29)19-14-21(28)27(25-19)15-7-5-4-6-8-15/h4-10,13-14,25H,3,11-12H2,1-2H3,(H,23,24). The van der Waals surface area contributed by atoms with Gasteiger partial charge >= 0.3 is 0 Å². The molecule has 154 valence electrons. The average molecular weight is 405 g/mol. The lowest BCUT2D eigenvalue weighted by atomic mass is 10.3. The number of imidazole rings is 1. The van der Waals surface area contributed by atoms with Gasteiger partial charge in [-0.05, 0) is 31.2 Å². The van der Waals surface area contributed by atoms with Crippen molar-refractivity contribution in [2.75, 3.05) is 20.2 Å². The summed E-state index contributed by atoms with van der Waals surface area (Å²) >= 11 is 0. The molecule has 0 radical (unpaired) electrons. The predicted octanol–water partition coefficient (Wildman–Crippen LogP) is 2.76. The van der Waals surface area contributed by atoms with Gasteiger partial charge in [-0.3, -0.25) is 14.7 Å². The van der Waals surface area contributed by atoms with E-state index in [1.54, 1.807) is 24.1 Å². The van der Waals surface area contributed by atoms with E-state index in [4.69, 9.17) is 4.74 Å². The van der Waals surface area contributed by atoms with E-state index >= 15 is 0 Å². The van der Waals surface area contributed by atoms with Crippen molar-refractivity contribution < 1.29 is 9.53 Å².